The maximum Gasteiger partial charge on any atom is 0.0340 e. The summed E-state index contributed by atoms with van der Waals surface area (Å²) in [5, 5.41) is 3.48. The number of hydrogen-bond acceptors (Lipinski definition) is 2. The minimum Gasteiger partial charge on any atom is -0.385 e. The van der Waals surface area contributed by atoms with Crippen molar-refractivity contribution in [2.75, 3.05) is 18.4 Å². The maximum absolute atomic E-state index is 5.78. The monoisotopic (exact) mass is 248 g/mol. The summed E-state index contributed by atoms with van der Waals surface area (Å²) >= 11 is 0. The van der Waals surface area contributed by atoms with Crippen molar-refractivity contribution in [1.82, 2.24) is 0 Å². The summed E-state index contributed by atoms with van der Waals surface area (Å²) in [4.78, 5) is 0. The van der Waals surface area contributed by atoms with Crippen LogP contribution in [0.2, 0.25) is 0 Å². The molecule has 1 rings (SSSR count). The molecule has 0 fully saturated rings. The fourth-order valence-electron chi connectivity index (χ4n) is 2.01. The van der Waals surface area contributed by atoms with E-state index >= 15 is 0 Å². The minimum atomic E-state index is 0.541. The first-order valence-corrected chi connectivity index (χ1v) is 7.12. The molecule has 1 aromatic carbocycles. The number of nitrogens with two attached hydrogens (primary N) is 1. The Balaban J connectivity index is 2.53. The topological polar surface area (TPSA) is 38.0 Å². The number of hydrogen-bond donors (Lipinski definition) is 2. The largest absolute Gasteiger partial charge is 0.385 e. The molecule has 0 aliphatic heterocycles. The van der Waals surface area contributed by atoms with E-state index in [-0.39, 0.29) is 0 Å². The average Bonchev–Trinajstić information content (AvgIpc) is 2.39. The molecule has 0 heterocycles. The van der Waals surface area contributed by atoms with Gasteiger partial charge in [-0.25, -0.2) is 0 Å². The van der Waals surface area contributed by atoms with Crippen LogP contribution in [0.3, 0.4) is 0 Å². The Morgan fingerprint density at radius 3 is 2.17 bits per heavy atom. The summed E-state index contributed by atoms with van der Waals surface area (Å²) in [7, 11) is 0. The van der Waals surface area contributed by atoms with E-state index in [1.54, 1.807) is 0 Å². The van der Waals surface area contributed by atoms with Crippen LogP contribution >= 0.6 is 0 Å². The van der Waals surface area contributed by atoms with Gasteiger partial charge in [-0.2, -0.15) is 0 Å². The van der Waals surface area contributed by atoms with Crippen LogP contribution in [0.5, 0.6) is 0 Å². The molecule has 0 bridgehead atoms. The molecule has 2 heteroatoms. The molecule has 102 valence electrons. The first-order valence-electron chi connectivity index (χ1n) is 7.12. The van der Waals surface area contributed by atoms with Crippen molar-refractivity contribution in [3.8, 4) is 0 Å². The molecule has 0 saturated carbocycles. The Hall–Kier alpha value is -1.02. The van der Waals surface area contributed by atoms with Gasteiger partial charge in [0, 0.05) is 12.2 Å². The summed E-state index contributed by atoms with van der Waals surface area (Å²) < 4.78 is 0. The number of benzene rings is 1. The molecule has 18 heavy (non-hydrogen) atoms. The van der Waals surface area contributed by atoms with Crippen molar-refractivity contribution in [3.05, 3.63) is 29.8 Å². The van der Waals surface area contributed by atoms with Gasteiger partial charge in [0.15, 0.2) is 0 Å². The molecule has 2 unspecified atom stereocenters. The molecule has 3 N–H and O–H groups in total. The van der Waals surface area contributed by atoms with Crippen molar-refractivity contribution in [3.63, 3.8) is 0 Å². The van der Waals surface area contributed by atoms with Crippen LogP contribution in [-0.2, 0) is 0 Å². The smallest absolute Gasteiger partial charge is 0.0340 e. The van der Waals surface area contributed by atoms with Gasteiger partial charge in [-0.1, -0.05) is 39.8 Å². The normalized spacial score (nSPS) is 14.6. The van der Waals surface area contributed by atoms with E-state index < -0.39 is 0 Å². The molecule has 2 nitrogen and oxygen atoms in total. The highest BCUT2D eigenvalue weighted by atomic mass is 14.9. The summed E-state index contributed by atoms with van der Waals surface area (Å²) in [5.74, 6) is 1.81. The highest BCUT2D eigenvalue weighted by molar-refractivity contribution is 5.45. The Labute approximate surface area is 112 Å². The Morgan fingerprint density at radius 1 is 1.11 bits per heavy atom. The molecule has 0 saturated heterocycles. The van der Waals surface area contributed by atoms with Gasteiger partial charge in [-0.15, -0.1) is 0 Å². The highest BCUT2D eigenvalue weighted by Crippen LogP contribution is 2.21. The predicted molar refractivity (Wildman–Crippen MR) is 81.0 cm³/mol. The van der Waals surface area contributed by atoms with Gasteiger partial charge in [0.1, 0.15) is 0 Å². The lowest BCUT2D eigenvalue weighted by atomic mass is 9.95. The molecule has 0 aliphatic rings. The van der Waals surface area contributed by atoms with Crippen LogP contribution in [0.4, 0.5) is 5.69 Å². The Morgan fingerprint density at radius 2 is 1.72 bits per heavy atom. The number of rotatable bonds is 7. The van der Waals surface area contributed by atoms with Gasteiger partial charge in [-0.05, 0) is 48.4 Å². The lowest BCUT2D eigenvalue weighted by molar-refractivity contribution is 0.413. The number of nitrogens with one attached hydrogen (secondary N) is 1. The fraction of sp³-hybridized carbons (Fsp3) is 0.625. The van der Waals surface area contributed by atoms with E-state index in [0.29, 0.717) is 17.8 Å². The Kier molecular flexibility index (Phi) is 6.20. The van der Waals surface area contributed by atoms with Crippen LogP contribution in [0, 0.1) is 11.8 Å². The lowest BCUT2D eigenvalue weighted by Crippen LogP contribution is -2.27. The zero-order valence-corrected chi connectivity index (χ0v) is 12.2. The highest BCUT2D eigenvalue weighted by Gasteiger charge is 2.10. The fourth-order valence-corrected chi connectivity index (χ4v) is 2.01. The molecule has 0 radical (unpaired) electrons. The molecule has 1 aromatic rings. The SMILES string of the molecule is CCC(C)c1ccc(NCC(CN)C(C)C)cc1. The predicted octanol–water partition coefficient (Wildman–Crippen LogP) is 3.84. The maximum atomic E-state index is 5.78. The van der Waals surface area contributed by atoms with Gasteiger partial charge < -0.3 is 11.1 Å². The second-order valence-corrected chi connectivity index (χ2v) is 5.55. The van der Waals surface area contributed by atoms with E-state index in [1.807, 2.05) is 0 Å². The Bertz CT molecular complexity index is 329. The lowest BCUT2D eigenvalue weighted by Gasteiger charge is -2.20. The van der Waals surface area contributed by atoms with E-state index in [9.17, 15) is 0 Å². The molecule has 2 atom stereocenters. The van der Waals surface area contributed by atoms with Crippen LogP contribution in [-0.4, -0.2) is 13.1 Å². The summed E-state index contributed by atoms with van der Waals surface area (Å²) in [6.07, 6.45) is 1.19. The third-order valence-electron chi connectivity index (χ3n) is 3.91. The first kappa shape index (κ1) is 15.0. The van der Waals surface area contributed by atoms with Crippen molar-refractivity contribution >= 4 is 5.69 Å². The van der Waals surface area contributed by atoms with Gasteiger partial charge in [0.05, 0.1) is 0 Å². The molecular weight excluding hydrogens is 220 g/mol. The van der Waals surface area contributed by atoms with E-state index in [1.165, 1.54) is 17.7 Å². The van der Waals surface area contributed by atoms with Gasteiger partial charge in [-0.3, -0.25) is 0 Å². The summed E-state index contributed by atoms with van der Waals surface area (Å²) in [5.41, 5.74) is 8.39. The average molecular weight is 248 g/mol. The quantitative estimate of drug-likeness (QED) is 0.769. The summed E-state index contributed by atoms with van der Waals surface area (Å²) in [6, 6.07) is 8.80. The molecule has 0 spiro atoms. The number of anilines is 1. The molecule has 0 aromatic heterocycles. The van der Waals surface area contributed by atoms with Gasteiger partial charge in [0.25, 0.3) is 0 Å². The third kappa shape index (κ3) is 4.34. The summed E-state index contributed by atoms with van der Waals surface area (Å²) in [6.45, 7) is 10.7. The first-order chi connectivity index (χ1) is 8.58. The molecular formula is C16H28N2. The van der Waals surface area contributed by atoms with Crippen molar-refractivity contribution < 1.29 is 0 Å². The van der Waals surface area contributed by atoms with Gasteiger partial charge >= 0.3 is 0 Å². The van der Waals surface area contributed by atoms with Gasteiger partial charge in [0.2, 0.25) is 0 Å². The van der Waals surface area contributed by atoms with Crippen LogP contribution in [0.1, 0.15) is 45.6 Å². The van der Waals surface area contributed by atoms with E-state index in [0.717, 1.165) is 13.1 Å². The van der Waals surface area contributed by atoms with E-state index in [2.05, 4.69) is 57.3 Å². The minimum absolute atomic E-state index is 0.541. The van der Waals surface area contributed by atoms with Crippen LogP contribution < -0.4 is 11.1 Å². The zero-order chi connectivity index (χ0) is 13.5. The molecule has 0 aliphatic carbocycles. The van der Waals surface area contributed by atoms with E-state index in [4.69, 9.17) is 5.73 Å². The second kappa shape index (κ2) is 7.42. The van der Waals surface area contributed by atoms with Crippen molar-refractivity contribution in [2.45, 2.75) is 40.0 Å². The van der Waals surface area contributed by atoms with Crippen LogP contribution in [0.15, 0.2) is 24.3 Å². The third-order valence-corrected chi connectivity index (χ3v) is 3.91. The van der Waals surface area contributed by atoms with Crippen molar-refractivity contribution in [2.24, 2.45) is 17.6 Å². The molecule has 0 amide bonds. The van der Waals surface area contributed by atoms with Crippen LogP contribution in [0.25, 0.3) is 0 Å². The second-order valence-electron chi connectivity index (χ2n) is 5.55. The standard InChI is InChI=1S/C16H28N2/c1-5-13(4)14-6-8-16(9-7-14)18-11-15(10-17)12(2)3/h6-9,12-13,15,18H,5,10-11,17H2,1-4H3. The van der Waals surface area contributed by atoms with Crippen molar-refractivity contribution in [1.29, 1.82) is 0 Å². The zero-order valence-electron chi connectivity index (χ0n) is 12.2.